The molecule has 3 aromatic carbocycles. The predicted octanol–water partition coefficient (Wildman–Crippen LogP) is 5.82. The van der Waals surface area contributed by atoms with Crippen molar-refractivity contribution in [3.8, 4) is 45.6 Å². The first kappa shape index (κ1) is 19.9. The summed E-state index contributed by atoms with van der Waals surface area (Å²) in [4.78, 5) is 9.49. The Balaban J connectivity index is 1.48. The van der Waals surface area contributed by atoms with Gasteiger partial charge in [0.05, 0.1) is 0 Å². The first-order valence-electron chi connectivity index (χ1n) is 10.6. The largest absolute Gasteiger partial charge is 0.259 e. The van der Waals surface area contributed by atoms with E-state index in [1.165, 1.54) is 11.1 Å². The van der Waals surface area contributed by atoms with E-state index in [0.29, 0.717) is 11.6 Å². The molecule has 6 heteroatoms. The van der Waals surface area contributed by atoms with Gasteiger partial charge in [0, 0.05) is 22.3 Å². The molecule has 2 heterocycles. The van der Waals surface area contributed by atoms with Crippen molar-refractivity contribution in [2.45, 2.75) is 27.7 Å². The molecule has 32 heavy (non-hydrogen) atoms. The summed E-state index contributed by atoms with van der Waals surface area (Å²) >= 11 is 0. The van der Waals surface area contributed by atoms with Crippen LogP contribution in [0.4, 0.5) is 0 Å². The Morgan fingerprint density at radius 1 is 0.562 bits per heavy atom. The fourth-order valence-corrected chi connectivity index (χ4v) is 3.80. The molecule has 0 aliphatic rings. The molecular formula is C26H24N6. The van der Waals surface area contributed by atoms with Crippen LogP contribution in [0.1, 0.15) is 22.3 Å². The summed E-state index contributed by atoms with van der Waals surface area (Å²) in [6, 6.07) is 20.6. The molecule has 0 spiro atoms. The molecule has 0 atom stereocenters. The fourth-order valence-electron chi connectivity index (χ4n) is 3.80. The Kier molecular flexibility index (Phi) is 4.90. The van der Waals surface area contributed by atoms with Gasteiger partial charge in [-0.25, -0.2) is 9.97 Å². The van der Waals surface area contributed by atoms with Crippen molar-refractivity contribution in [3.05, 3.63) is 82.9 Å². The highest BCUT2D eigenvalue weighted by Gasteiger charge is 2.14. The van der Waals surface area contributed by atoms with Crippen LogP contribution >= 0.6 is 0 Å². The zero-order chi connectivity index (χ0) is 22.2. The van der Waals surface area contributed by atoms with Crippen LogP contribution in [0.25, 0.3) is 45.6 Å². The molecule has 0 aliphatic heterocycles. The van der Waals surface area contributed by atoms with Gasteiger partial charge in [-0.05, 0) is 57.0 Å². The van der Waals surface area contributed by atoms with Gasteiger partial charge in [-0.1, -0.05) is 53.6 Å². The van der Waals surface area contributed by atoms with Gasteiger partial charge in [0.1, 0.15) is 0 Å². The molecule has 0 radical (unpaired) electrons. The minimum atomic E-state index is 0.646. The Bertz CT molecular complexity index is 1320. The number of nitrogens with one attached hydrogen (secondary N) is 2. The first-order chi connectivity index (χ1) is 15.5. The van der Waals surface area contributed by atoms with Crippen LogP contribution in [0.2, 0.25) is 0 Å². The summed E-state index contributed by atoms with van der Waals surface area (Å²) in [6.07, 6.45) is 0. The van der Waals surface area contributed by atoms with Gasteiger partial charge in [-0.3, -0.25) is 10.2 Å². The smallest absolute Gasteiger partial charge is 0.181 e. The summed E-state index contributed by atoms with van der Waals surface area (Å²) in [7, 11) is 0. The third-order valence-electron chi connectivity index (χ3n) is 5.65. The molecule has 5 aromatic rings. The predicted molar refractivity (Wildman–Crippen MR) is 127 cm³/mol. The Morgan fingerprint density at radius 2 is 1.03 bits per heavy atom. The van der Waals surface area contributed by atoms with Gasteiger partial charge in [0.15, 0.2) is 23.3 Å². The van der Waals surface area contributed by atoms with Gasteiger partial charge in [0.2, 0.25) is 0 Å². The molecule has 2 N–H and O–H groups in total. The maximum absolute atomic E-state index is 4.75. The molecule has 0 aliphatic carbocycles. The maximum atomic E-state index is 4.75. The van der Waals surface area contributed by atoms with Crippen molar-refractivity contribution in [2.75, 3.05) is 0 Å². The SMILES string of the molecule is Cc1ccc(C)c(-c2nc(-c3cccc(-c4n[nH]c(-c5cc(C)ccc5C)n4)c3)n[nH]2)c1. The van der Waals surface area contributed by atoms with Gasteiger partial charge in [-0.15, -0.1) is 0 Å². The lowest BCUT2D eigenvalue weighted by molar-refractivity contribution is 1.09. The van der Waals surface area contributed by atoms with Crippen molar-refractivity contribution in [1.29, 1.82) is 0 Å². The van der Waals surface area contributed by atoms with Crippen LogP contribution in [-0.4, -0.2) is 30.4 Å². The first-order valence-corrected chi connectivity index (χ1v) is 10.6. The zero-order valence-electron chi connectivity index (χ0n) is 18.6. The molecular weight excluding hydrogens is 396 g/mol. The Hall–Kier alpha value is -4.06. The van der Waals surface area contributed by atoms with Crippen LogP contribution in [-0.2, 0) is 0 Å². The van der Waals surface area contributed by atoms with Crippen LogP contribution in [0.5, 0.6) is 0 Å². The number of hydrogen-bond donors (Lipinski definition) is 2. The van der Waals surface area contributed by atoms with E-state index in [1.54, 1.807) is 0 Å². The van der Waals surface area contributed by atoms with Gasteiger partial charge >= 0.3 is 0 Å². The quantitative estimate of drug-likeness (QED) is 0.383. The third kappa shape index (κ3) is 3.71. The third-order valence-corrected chi connectivity index (χ3v) is 5.65. The van der Waals surface area contributed by atoms with Gasteiger partial charge < -0.3 is 0 Å². The monoisotopic (exact) mass is 420 g/mol. The molecule has 0 unspecified atom stereocenters. The minimum absolute atomic E-state index is 0.646. The highest BCUT2D eigenvalue weighted by molar-refractivity contribution is 5.70. The average Bonchev–Trinajstić information content (AvgIpc) is 3.47. The van der Waals surface area contributed by atoms with E-state index < -0.39 is 0 Å². The van der Waals surface area contributed by atoms with Crippen LogP contribution in [0.15, 0.2) is 60.7 Å². The summed E-state index contributed by atoms with van der Waals surface area (Å²) in [5.74, 6) is 2.82. The maximum Gasteiger partial charge on any atom is 0.181 e. The standard InChI is InChI=1S/C26H24N6/c1-15-8-10-17(3)21(12-15)25-27-23(29-31-25)19-6-5-7-20(14-19)24-28-26(32-30-24)22-13-16(2)9-11-18(22)4/h5-14H,1-4H3,(H,27,29,31)(H,28,30,32). The van der Waals surface area contributed by atoms with Gasteiger partial charge in [-0.2, -0.15) is 10.2 Å². The van der Waals surface area contributed by atoms with E-state index in [0.717, 1.165) is 45.0 Å². The number of benzene rings is 3. The van der Waals surface area contributed by atoms with Gasteiger partial charge in [0.25, 0.3) is 0 Å². The number of hydrogen-bond acceptors (Lipinski definition) is 4. The normalized spacial score (nSPS) is 11.1. The number of aryl methyl sites for hydroxylation is 4. The summed E-state index contributed by atoms with van der Waals surface area (Å²) < 4.78 is 0. The van der Waals surface area contributed by atoms with E-state index in [2.05, 4.69) is 84.5 Å². The number of nitrogens with zero attached hydrogens (tertiary/aromatic N) is 4. The summed E-state index contributed by atoms with van der Waals surface area (Å²) in [6.45, 7) is 8.31. The van der Waals surface area contributed by atoms with E-state index >= 15 is 0 Å². The second kappa shape index (κ2) is 7.89. The molecule has 0 saturated carbocycles. The topological polar surface area (TPSA) is 83.1 Å². The lowest BCUT2D eigenvalue weighted by Gasteiger charge is -2.03. The van der Waals surface area contributed by atoms with Crippen LogP contribution in [0.3, 0.4) is 0 Å². The van der Waals surface area contributed by atoms with E-state index in [1.807, 2.05) is 24.3 Å². The second-order valence-electron chi connectivity index (χ2n) is 8.23. The van der Waals surface area contributed by atoms with Crippen LogP contribution in [0, 0.1) is 27.7 Å². The molecule has 6 nitrogen and oxygen atoms in total. The van der Waals surface area contributed by atoms with Crippen molar-refractivity contribution < 1.29 is 0 Å². The molecule has 0 amide bonds. The molecule has 0 bridgehead atoms. The number of H-pyrrole nitrogens is 2. The van der Waals surface area contributed by atoms with Crippen molar-refractivity contribution >= 4 is 0 Å². The van der Waals surface area contributed by atoms with E-state index in [-0.39, 0.29) is 0 Å². The lowest BCUT2D eigenvalue weighted by atomic mass is 10.1. The lowest BCUT2D eigenvalue weighted by Crippen LogP contribution is -1.88. The Morgan fingerprint density at radius 3 is 1.50 bits per heavy atom. The highest BCUT2D eigenvalue weighted by atomic mass is 15.2. The molecule has 0 saturated heterocycles. The minimum Gasteiger partial charge on any atom is -0.259 e. The summed E-state index contributed by atoms with van der Waals surface area (Å²) in [5.41, 5.74) is 8.64. The molecule has 5 rings (SSSR count). The second-order valence-corrected chi connectivity index (χ2v) is 8.23. The highest BCUT2D eigenvalue weighted by Crippen LogP contribution is 2.28. The number of rotatable bonds is 4. The average molecular weight is 421 g/mol. The fraction of sp³-hybridized carbons (Fsp3) is 0.154. The van der Waals surface area contributed by atoms with Crippen molar-refractivity contribution in [1.82, 2.24) is 30.4 Å². The molecule has 2 aromatic heterocycles. The molecule has 0 fully saturated rings. The number of aromatic amines is 2. The van der Waals surface area contributed by atoms with Crippen molar-refractivity contribution in [3.63, 3.8) is 0 Å². The Labute approximate surface area is 186 Å². The molecule has 158 valence electrons. The number of aromatic nitrogens is 6. The van der Waals surface area contributed by atoms with E-state index in [9.17, 15) is 0 Å². The van der Waals surface area contributed by atoms with Crippen LogP contribution < -0.4 is 0 Å². The van der Waals surface area contributed by atoms with Crippen molar-refractivity contribution in [2.24, 2.45) is 0 Å². The zero-order valence-corrected chi connectivity index (χ0v) is 18.6. The summed E-state index contributed by atoms with van der Waals surface area (Å²) in [5, 5.41) is 15.1. The van der Waals surface area contributed by atoms with E-state index in [4.69, 9.17) is 9.97 Å².